The Kier molecular flexibility index (Phi) is 6.63. The summed E-state index contributed by atoms with van der Waals surface area (Å²) in [7, 11) is 0. The average Bonchev–Trinajstić information content (AvgIpc) is 3.58. The van der Waals surface area contributed by atoms with Gasteiger partial charge in [-0.1, -0.05) is 36.4 Å². The predicted octanol–water partition coefficient (Wildman–Crippen LogP) is 4.74. The number of furan rings is 1. The number of benzene rings is 2. The van der Waals surface area contributed by atoms with Crippen molar-refractivity contribution < 1.29 is 18.7 Å². The number of rotatable bonds is 7. The standard InChI is InChI=1S/C27H25N3O4S/c1-18(31)30-12-11-19-9-10-21(14-23(19)26(30)20-6-3-2-4-7-20)34-16-25-29-24(17-35-25)27(32)28-15-22-8-5-13-33-22/h2-10,13-14,17,26H,11-12,15-16H2,1H3,(H,28,32). The van der Waals surface area contributed by atoms with Crippen molar-refractivity contribution >= 4 is 23.2 Å². The van der Waals surface area contributed by atoms with Crippen molar-refractivity contribution in [2.24, 2.45) is 0 Å². The van der Waals surface area contributed by atoms with Gasteiger partial charge in [0.2, 0.25) is 5.91 Å². The van der Waals surface area contributed by atoms with E-state index in [1.165, 1.54) is 16.9 Å². The molecule has 1 N–H and O–H groups in total. The zero-order valence-electron chi connectivity index (χ0n) is 19.3. The molecule has 2 aromatic heterocycles. The number of ether oxygens (including phenoxy) is 1. The molecule has 0 spiro atoms. The number of nitrogens with zero attached hydrogens (tertiary/aromatic N) is 2. The Morgan fingerprint density at radius 3 is 2.80 bits per heavy atom. The van der Waals surface area contributed by atoms with E-state index in [9.17, 15) is 9.59 Å². The van der Waals surface area contributed by atoms with Crippen LogP contribution in [0.2, 0.25) is 0 Å². The first-order valence-electron chi connectivity index (χ1n) is 11.4. The number of fused-ring (bicyclic) bond motifs is 1. The molecule has 1 aliphatic rings. The third-order valence-corrected chi connectivity index (χ3v) is 6.84. The molecule has 35 heavy (non-hydrogen) atoms. The molecule has 1 aliphatic heterocycles. The van der Waals surface area contributed by atoms with E-state index in [1.54, 1.807) is 30.7 Å². The number of nitrogens with one attached hydrogen (secondary N) is 1. The van der Waals surface area contributed by atoms with Crippen LogP contribution in [0, 0.1) is 0 Å². The van der Waals surface area contributed by atoms with Crippen molar-refractivity contribution in [3.63, 3.8) is 0 Å². The number of hydrogen-bond acceptors (Lipinski definition) is 6. The van der Waals surface area contributed by atoms with Gasteiger partial charge in [-0.3, -0.25) is 9.59 Å². The number of amides is 2. The maximum Gasteiger partial charge on any atom is 0.271 e. The third-order valence-electron chi connectivity index (χ3n) is 6.02. The van der Waals surface area contributed by atoms with Crippen molar-refractivity contribution in [2.75, 3.05) is 6.54 Å². The van der Waals surface area contributed by atoms with Gasteiger partial charge >= 0.3 is 0 Å². The maximum absolute atomic E-state index is 12.4. The Bertz CT molecular complexity index is 1320. The first-order valence-corrected chi connectivity index (χ1v) is 12.3. The summed E-state index contributed by atoms with van der Waals surface area (Å²) >= 11 is 1.38. The van der Waals surface area contributed by atoms with E-state index in [0.29, 0.717) is 35.3 Å². The second-order valence-corrected chi connectivity index (χ2v) is 9.26. The highest BCUT2D eigenvalue weighted by molar-refractivity contribution is 7.09. The van der Waals surface area contributed by atoms with Crippen LogP contribution in [0.4, 0.5) is 0 Å². The van der Waals surface area contributed by atoms with Gasteiger partial charge in [-0.2, -0.15) is 0 Å². The Hall–Kier alpha value is -3.91. The maximum atomic E-state index is 12.4. The molecule has 1 unspecified atom stereocenters. The molecule has 0 fully saturated rings. The largest absolute Gasteiger partial charge is 0.486 e. The van der Waals surface area contributed by atoms with E-state index in [2.05, 4.69) is 28.5 Å². The summed E-state index contributed by atoms with van der Waals surface area (Å²) in [5.41, 5.74) is 3.72. The van der Waals surface area contributed by atoms with Crippen molar-refractivity contribution in [1.29, 1.82) is 0 Å². The second-order valence-electron chi connectivity index (χ2n) is 8.31. The minimum Gasteiger partial charge on any atom is -0.486 e. The summed E-state index contributed by atoms with van der Waals surface area (Å²) in [4.78, 5) is 31.1. The molecule has 0 radical (unpaired) electrons. The fraction of sp³-hybridized carbons (Fsp3) is 0.222. The molecule has 7 nitrogen and oxygen atoms in total. The van der Waals surface area contributed by atoms with Crippen LogP contribution in [0.25, 0.3) is 0 Å². The number of thiazole rings is 1. The smallest absolute Gasteiger partial charge is 0.271 e. The number of aromatic nitrogens is 1. The fourth-order valence-electron chi connectivity index (χ4n) is 4.31. The van der Waals surface area contributed by atoms with E-state index in [0.717, 1.165) is 17.5 Å². The normalized spacial score (nSPS) is 14.9. The van der Waals surface area contributed by atoms with Gasteiger partial charge < -0.3 is 19.4 Å². The minimum atomic E-state index is -0.257. The summed E-state index contributed by atoms with van der Waals surface area (Å²) in [5.74, 6) is 1.18. The molecule has 8 heteroatoms. The van der Waals surface area contributed by atoms with E-state index in [-0.39, 0.29) is 24.5 Å². The Balaban J connectivity index is 1.29. The highest BCUT2D eigenvalue weighted by Gasteiger charge is 2.30. The number of carbonyl (C=O) groups excluding carboxylic acids is 2. The van der Waals surface area contributed by atoms with Gasteiger partial charge in [0, 0.05) is 18.8 Å². The third kappa shape index (κ3) is 5.12. The summed E-state index contributed by atoms with van der Waals surface area (Å²) in [6.07, 6.45) is 2.38. The van der Waals surface area contributed by atoms with Crippen LogP contribution in [0.15, 0.2) is 76.7 Å². The second kappa shape index (κ2) is 10.1. The lowest BCUT2D eigenvalue weighted by Gasteiger charge is -2.37. The molecule has 0 bridgehead atoms. The van der Waals surface area contributed by atoms with Gasteiger partial charge in [-0.15, -0.1) is 11.3 Å². The van der Waals surface area contributed by atoms with Crippen LogP contribution in [-0.4, -0.2) is 28.2 Å². The molecule has 0 aliphatic carbocycles. The molecule has 4 aromatic rings. The Labute approximate surface area is 207 Å². The Morgan fingerprint density at radius 1 is 1.17 bits per heavy atom. The minimum absolute atomic E-state index is 0.0523. The fourth-order valence-corrected chi connectivity index (χ4v) is 5.00. The average molecular weight is 488 g/mol. The van der Waals surface area contributed by atoms with Crippen molar-refractivity contribution in [3.05, 3.63) is 105 Å². The van der Waals surface area contributed by atoms with E-state index in [4.69, 9.17) is 9.15 Å². The summed E-state index contributed by atoms with van der Waals surface area (Å²) < 4.78 is 11.3. The lowest BCUT2D eigenvalue weighted by atomic mass is 9.88. The van der Waals surface area contributed by atoms with E-state index in [1.807, 2.05) is 35.2 Å². The Morgan fingerprint density at radius 2 is 2.03 bits per heavy atom. The highest BCUT2D eigenvalue weighted by atomic mass is 32.1. The molecule has 1 atom stereocenters. The summed E-state index contributed by atoms with van der Waals surface area (Å²) in [6.45, 7) is 2.86. The number of carbonyl (C=O) groups is 2. The van der Waals surface area contributed by atoms with Crippen molar-refractivity contribution in [1.82, 2.24) is 15.2 Å². The van der Waals surface area contributed by atoms with E-state index >= 15 is 0 Å². The molecule has 178 valence electrons. The molecule has 2 amide bonds. The van der Waals surface area contributed by atoms with Gasteiger partial charge in [0.1, 0.15) is 28.8 Å². The molecule has 0 saturated carbocycles. The SMILES string of the molecule is CC(=O)N1CCc2ccc(OCc3nc(C(=O)NCc4ccco4)cs3)cc2C1c1ccccc1. The van der Waals surface area contributed by atoms with Gasteiger partial charge in [0.25, 0.3) is 5.91 Å². The first-order chi connectivity index (χ1) is 17.1. The topological polar surface area (TPSA) is 84.7 Å². The quantitative estimate of drug-likeness (QED) is 0.407. The zero-order chi connectivity index (χ0) is 24.2. The zero-order valence-corrected chi connectivity index (χ0v) is 20.1. The van der Waals surface area contributed by atoms with Crippen LogP contribution in [0.1, 0.15) is 50.9 Å². The molecule has 3 heterocycles. The lowest BCUT2D eigenvalue weighted by molar-refractivity contribution is -0.130. The number of hydrogen-bond donors (Lipinski definition) is 1. The van der Waals surface area contributed by atoms with Crippen LogP contribution in [0.3, 0.4) is 0 Å². The van der Waals surface area contributed by atoms with Gasteiger partial charge in [-0.25, -0.2) is 4.98 Å². The molecular formula is C27H25N3O4S. The van der Waals surface area contributed by atoms with Crippen molar-refractivity contribution in [3.8, 4) is 5.75 Å². The van der Waals surface area contributed by atoms with Crippen LogP contribution in [0.5, 0.6) is 5.75 Å². The van der Waals surface area contributed by atoms with Crippen LogP contribution < -0.4 is 10.1 Å². The highest BCUT2D eigenvalue weighted by Crippen LogP contribution is 2.37. The summed E-state index contributed by atoms with van der Waals surface area (Å²) in [5, 5.41) is 5.22. The van der Waals surface area contributed by atoms with Crippen LogP contribution in [-0.2, 0) is 24.4 Å². The molecular weight excluding hydrogens is 462 g/mol. The molecule has 5 rings (SSSR count). The molecule has 2 aromatic carbocycles. The van der Waals surface area contributed by atoms with Gasteiger partial charge in [-0.05, 0) is 47.4 Å². The lowest BCUT2D eigenvalue weighted by Crippen LogP contribution is -2.39. The summed E-state index contributed by atoms with van der Waals surface area (Å²) in [6, 6.07) is 19.6. The monoisotopic (exact) mass is 487 g/mol. The van der Waals surface area contributed by atoms with Gasteiger partial charge in [0.05, 0.1) is 18.8 Å². The molecule has 0 saturated heterocycles. The van der Waals surface area contributed by atoms with E-state index < -0.39 is 0 Å². The first kappa shape index (κ1) is 22.9. The van der Waals surface area contributed by atoms with Crippen LogP contribution >= 0.6 is 11.3 Å². The van der Waals surface area contributed by atoms with Gasteiger partial charge in [0.15, 0.2) is 0 Å². The predicted molar refractivity (Wildman–Crippen MR) is 132 cm³/mol. The van der Waals surface area contributed by atoms with Crippen molar-refractivity contribution in [2.45, 2.75) is 32.5 Å².